The number of benzene rings is 2. The number of hydrogen-bond donors (Lipinski definition) is 0. The van der Waals surface area contributed by atoms with Gasteiger partial charge in [-0.2, -0.15) is 0 Å². The van der Waals surface area contributed by atoms with E-state index in [1.54, 1.807) is 48.5 Å². The largest absolute Gasteiger partial charge is 0.490 e. The first-order valence-corrected chi connectivity index (χ1v) is 6.94. The predicted octanol–water partition coefficient (Wildman–Crippen LogP) is 3.26. The van der Waals surface area contributed by atoms with E-state index in [2.05, 4.69) is 4.74 Å². The van der Waals surface area contributed by atoms with E-state index in [0.29, 0.717) is 27.9 Å². The zero-order chi connectivity index (χ0) is 16.4. The van der Waals surface area contributed by atoms with Gasteiger partial charge in [-0.05, 0) is 24.3 Å². The highest BCUT2D eigenvalue weighted by Crippen LogP contribution is 2.30. The molecule has 0 N–H and O–H groups in total. The Morgan fingerprint density at radius 2 is 1.70 bits per heavy atom. The first-order valence-electron chi connectivity index (χ1n) is 6.94. The summed E-state index contributed by atoms with van der Waals surface area (Å²) in [5, 5.41) is 0.458. The Morgan fingerprint density at radius 3 is 2.35 bits per heavy atom. The molecule has 0 saturated carbocycles. The minimum atomic E-state index is -0.427. The average molecular weight is 310 g/mol. The minimum absolute atomic E-state index is 0.134. The van der Waals surface area contributed by atoms with Gasteiger partial charge in [0.2, 0.25) is 11.2 Å². The number of rotatable bonds is 3. The first kappa shape index (κ1) is 14.8. The molecule has 0 aliphatic carbocycles. The molecule has 0 spiro atoms. The van der Waals surface area contributed by atoms with Crippen molar-refractivity contribution < 1.29 is 18.7 Å². The topological polar surface area (TPSA) is 65.7 Å². The number of hydrogen-bond acceptors (Lipinski definition) is 5. The lowest BCUT2D eigenvalue weighted by Gasteiger charge is -2.09. The Bertz CT molecular complexity index is 922. The van der Waals surface area contributed by atoms with Gasteiger partial charge in [0.15, 0.2) is 5.76 Å². The van der Waals surface area contributed by atoms with Crippen LogP contribution < -0.4 is 10.2 Å². The van der Waals surface area contributed by atoms with E-state index in [4.69, 9.17) is 9.15 Å². The number of carbonyl (C=O) groups is 1. The highest BCUT2D eigenvalue weighted by Gasteiger charge is 2.17. The fourth-order valence-corrected chi connectivity index (χ4v) is 2.38. The van der Waals surface area contributed by atoms with Crippen LogP contribution in [0, 0.1) is 0 Å². The summed E-state index contributed by atoms with van der Waals surface area (Å²) in [6.07, 6.45) is 0. The molecule has 23 heavy (non-hydrogen) atoms. The van der Waals surface area contributed by atoms with Crippen molar-refractivity contribution >= 4 is 16.9 Å². The zero-order valence-corrected chi connectivity index (χ0v) is 12.7. The normalized spacial score (nSPS) is 10.5. The molecule has 116 valence electrons. The molecule has 0 aliphatic heterocycles. The van der Waals surface area contributed by atoms with Crippen molar-refractivity contribution in [2.45, 2.75) is 0 Å². The van der Waals surface area contributed by atoms with E-state index in [9.17, 15) is 9.59 Å². The molecule has 3 aromatic rings. The molecule has 2 aromatic carbocycles. The summed E-state index contributed by atoms with van der Waals surface area (Å²) in [6.45, 7) is 0. The van der Waals surface area contributed by atoms with Gasteiger partial charge in [-0.15, -0.1) is 0 Å². The number of para-hydroxylation sites is 1. The highest BCUT2D eigenvalue weighted by atomic mass is 16.5. The second kappa shape index (κ2) is 5.96. The average Bonchev–Trinajstić information content (AvgIpc) is 2.61. The fraction of sp³-hybridized carbons (Fsp3) is 0.111. The van der Waals surface area contributed by atoms with Gasteiger partial charge >= 0.3 is 5.97 Å². The Kier molecular flexibility index (Phi) is 3.85. The predicted molar refractivity (Wildman–Crippen MR) is 85.8 cm³/mol. The number of esters is 1. The van der Waals surface area contributed by atoms with E-state index in [0.717, 1.165) is 0 Å². The van der Waals surface area contributed by atoms with E-state index in [-0.39, 0.29) is 11.2 Å². The maximum absolute atomic E-state index is 12.5. The van der Waals surface area contributed by atoms with Crippen molar-refractivity contribution in [3.05, 3.63) is 64.3 Å². The van der Waals surface area contributed by atoms with Gasteiger partial charge in [0.1, 0.15) is 5.58 Å². The molecule has 1 heterocycles. The molecule has 0 amide bonds. The molecule has 0 unspecified atom stereocenters. The van der Waals surface area contributed by atoms with Crippen molar-refractivity contribution in [1.82, 2.24) is 0 Å². The molecule has 3 rings (SSSR count). The van der Waals surface area contributed by atoms with Crippen LogP contribution in [0.1, 0.15) is 10.4 Å². The van der Waals surface area contributed by atoms with Crippen LogP contribution in [0.25, 0.3) is 22.3 Å². The molecule has 5 nitrogen and oxygen atoms in total. The molecular formula is C18H14O5. The Morgan fingerprint density at radius 1 is 1.00 bits per heavy atom. The number of ether oxygens (including phenoxy) is 2. The molecule has 0 fully saturated rings. The number of carbonyl (C=O) groups excluding carboxylic acids is 1. The van der Waals surface area contributed by atoms with E-state index >= 15 is 0 Å². The van der Waals surface area contributed by atoms with Crippen LogP contribution in [0.4, 0.5) is 0 Å². The Hall–Kier alpha value is -3.08. The second-order valence-corrected chi connectivity index (χ2v) is 4.86. The van der Waals surface area contributed by atoms with Crippen molar-refractivity contribution in [2.75, 3.05) is 14.2 Å². The van der Waals surface area contributed by atoms with E-state index in [1.165, 1.54) is 14.2 Å². The summed E-state index contributed by atoms with van der Waals surface area (Å²) in [6, 6.07) is 13.6. The number of fused-ring (bicyclic) bond motifs is 1. The lowest BCUT2D eigenvalue weighted by molar-refractivity contribution is 0.0601. The maximum Gasteiger partial charge on any atom is 0.337 e. The molecule has 0 aliphatic rings. The standard InChI is InChI=1S/C18H14O5/c1-21-17-15(19)13-5-3-4-6-14(13)23-16(17)11-7-9-12(10-8-11)18(20)22-2/h3-10H,1-2H3. The van der Waals surface area contributed by atoms with Crippen LogP contribution in [-0.4, -0.2) is 20.2 Å². The summed E-state index contributed by atoms with van der Waals surface area (Å²) in [4.78, 5) is 24.0. The van der Waals surface area contributed by atoms with Gasteiger partial charge in [0.05, 0.1) is 25.2 Å². The molecule has 0 saturated heterocycles. The highest BCUT2D eigenvalue weighted by molar-refractivity contribution is 5.90. The second-order valence-electron chi connectivity index (χ2n) is 4.86. The third-order valence-corrected chi connectivity index (χ3v) is 3.53. The fourth-order valence-electron chi connectivity index (χ4n) is 2.38. The maximum atomic E-state index is 12.5. The summed E-state index contributed by atoms with van der Waals surface area (Å²) in [5.74, 6) is 0.0330. The van der Waals surface area contributed by atoms with Crippen LogP contribution in [0.3, 0.4) is 0 Å². The molecule has 0 radical (unpaired) electrons. The van der Waals surface area contributed by atoms with Crippen LogP contribution in [0.2, 0.25) is 0 Å². The van der Waals surface area contributed by atoms with Gasteiger partial charge in [-0.3, -0.25) is 4.79 Å². The summed E-state index contributed by atoms with van der Waals surface area (Å²) >= 11 is 0. The SMILES string of the molecule is COC(=O)c1ccc(-c2oc3ccccc3c(=O)c2OC)cc1. The molecule has 0 atom stereocenters. The van der Waals surface area contributed by atoms with Crippen LogP contribution in [0.15, 0.2) is 57.7 Å². The number of methoxy groups -OCH3 is 2. The molecule has 0 bridgehead atoms. The van der Waals surface area contributed by atoms with Crippen molar-refractivity contribution in [2.24, 2.45) is 0 Å². The van der Waals surface area contributed by atoms with Gasteiger partial charge in [0, 0.05) is 5.56 Å². The summed E-state index contributed by atoms with van der Waals surface area (Å²) < 4.78 is 15.7. The van der Waals surface area contributed by atoms with Crippen LogP contribution >= 0.6 is 0 Å². The quantitative estimate of drug-likeness (QED) is 0.695. The van der Waals surface area contributed by atoms with Crippen molar-refractivity contribution in [3.8, 4) is 17.1 Å². The Balaban J connectivity index is 2.19. The molecule has 1 aromatic heterocycles. The zero-order valence-electron chi connectivity index (χ0n) is 12.7. The van der Waals surface area contributed by atoms with E-state index in [1.807, 2.05) is 0 Å². The smallest absolute Gasteiger partial charge is 0.337 e. The summed E-state index contributed by atoms with van der Waals surface area (Å²) in [7, 11) is 2.75. The lowest BCUT2D eigenvalue weighted by Crippen LogP contribution is -2.07. The first-order chi connectivity index (χ1) is 11.2. The van der Waals surface area contributed by atoms with Crippen LogP contribution in [-0.2, 0) is 4.74 Å². The third kappa shape index (κ3) is 2.57. The molecular weight excluding hydrogens is 296 g/mol. The van der Waals surface area contributed by atoms with Gasteiger partial charge in [-0.25, -0.2) is 4.79 Å². The minimum Gasteiger partial charge on any atom is -0.490 e. The Labute approximate surface area is 132 Å². The van der Waals surface area contributed by atoms with Gasteiger partial charge in [-0.1, -0.05) is 24.3 Å². The lowest BCUT2D eigenvalue weighted by atomic mass is 10.1. The third-order valence-electron chi connectivity index (χ3n) is 3.53. The van der Waals surface area contributed by atoms with E-state index < -0.39 is 5.97 Å². The molecule has 5 heteroatoms. The summed E-state index contributed by atoms with van der Waals surface area (Å²) in [5.41, 5.74) is 1.29. The van der Waals surface area contributed by atoms with Crippen LogP contribution in [0.5, 0.6) is 5.75 Å². The van der Waals surface area contributed by atoms with Crippen molar-refractivity contribution in [1.29, 1.82) is 0 Å². The monoisotopic (exact) mass is 310 g/mol. The van der Waals surface area contributed by atoms with Gasteiger partial charge < -0.3 is 13.9 Å². The van der Waals surface area contributed by atoms with Gasteiger partial charge in [0.25, 0.3) is 0 Å². The van der Waals surface area contributed by atoms with Crippen molar-refractivity contribution in [3.63, 3.8) is 0 Å².